The number of halogens is 1. The van der Waals surface area contributed by atoms with Gasteiger partial charge in [-0.15, -0.1) is 0 Å². The van der Waals surface area contributed by atoms with Crippen LogP contribution in [-0.4, -0.2) is 20.7 Å². The molecular weight excluding hydrogens is 392 g/mol. The zero-order valence-electron chi connectivity index (χ0n) is 15.9. The van der Waals surface area contributed by atoms with Crippen molar-refractivity contribution in [2.24, 2.45) is 5.92 Å². The summed E-state index contributed by atoms with van der Waals surface area (Å²) < 4.78 is 2.10. The van der Waals surface area contributed by atoms with Crippen LogP contribution in [0.4, 0.5) is 0 Å². The first-order valence-corrected chi connectivity index (χ1v) is 9.98. The topological polar surface area (TPSA) is 62.7 Å². The van der Waals surface area contributed by atoms with E-state index in [2.05, 4.69) is 29.4 Å². The van der Waals surface area contributed by atoms with E-state index in [1.807, 2.05) is 42.5 Å². The van der Waals surface area contributed by atoms with Gasteiger partial charge < -0.3 is 5.32 Å². The molecule has 0 saturated heterocycles. The molecule has 1 heterocycles. The van der Waals surface area contributed by atoms with E-state index in [0.717, 1.165) is 17.5 Å². The summed E-state index contributed by atoms with van der Waals surface area (Å²) in [5.74, 6) is 0.949. The van der Waals surface area contributed by atoms with Crippen molar-refractivity contribution in [2.75, 3.05) is 0 Å². The molecular formula is C21H23ClN4OS. The second-order valence-corrected chi connectivity index (χ2v) is 7.93. The average Bonchev–Trinajstić information content (AvgIpc) is 3.02. The molecule has 0 radical (unpaired) electrons. The third-order valence-corrected chi connectivity index (χ3v) is 4.97. The van der Waals surface area contributed by atoms with Gasteiger partial charge in [0, 0.05) is 10.6 Å². The van der Waals surface area contributed by atoms with E-state index in [1.165, 1.54) is 0 Å². The molecule has 0 aliphatic heterocycles. The number of hydrogen-bond acceptors (Lipinski definition) is 3. The third-order valence-electron chi connectivity index (χ3n) is 4.41. The fraction of sp³-hybridized carbons (Fsp3) is 0.286. The van der Waals surface area contributed by atoms with Gasteiger partial charge in [-0.25, -0.2) is 0 Å². The van der Waals surface area contributed by atoms with Crippen LogP contribution < -0.4 is 5.32 Å². The van der Waals surface area contributed by atoms with Crippen LogP contribution in [0.15, 0.2) is 54.6 Å². The number of hydrogen-bond donors (Lipinski definition) is 2. The second-order valence-electron chi connectivity index (χ2n) is 7.11. The highest BCUT2D eigenvalue weighted by Gasteiger charge is 2.18. The summed E-state index contributed by atoms with van der Waals surface area (Å²) >= 11 is 11.3. The highest BCUT2D eigenvalue weighted by Crippen LogP contribution is 2.22. The van der Waals surface area contributed by atoms with Crippen LogP contribution in [0.3, 0.4) is 0 Å². The molecule has 1 unspecified atom stereocenters. The number of rotatable bonds is 7. The molecule has 7 heteroatoms. The van der Waals surface area contributed by atoms with Gasteiger partial charge in [0.1, 0.15) is 6.54 Å². The van der Waals surface area contributed by atoms with Crippen molar-refractivity contribution in [2.45, 2.75) is 32.9 Å². The third kappa shape index (κ3) is 5.09. The molecule has 1 atom stereocenters. The molecule has 0 fully saturated rings. The summed E-state index contributed by atoms with van der Waals surface area (Å²) in [5.41, 5.74) is 1.93. The smallest absolute Gasteiger partial charge is 0.240 e. The minimum Gasteiger partial charge on any atom is -0.348 e. The molecule has 1 aromatic heterocycles. The van der Waals surface area contributed by atoms with E-state index in [4.69, 9.17) is 23.8 Å². The first-order chi connectivity index (χ1) is 13.4. The van der Waals surface area contributed by atoms with Crippen LogP contribution in [0.1, 0.15) is 31.9 Å². The monoisotopic (exact) mass is 414 g/mol. The van der Waals surface area contributed by atoms with Gasteiger partial charge in [0.15, 0.2) is 10.6 Å². The number of aromatic nitrogens is 3. The standard InChI is InChI=1S/C21H23ClN4OS/c1-14(2)12-18(15-6-4-3-5-7-15)23-19(27)13-26-20(24-25-21(26)28)16-8-10-17(22)11-9-16/h3-11,14,18H,12-13H2,1-2H3,(H,23,27)(H,25,28). The normalized spacial score (nSPS) is 12.1. The van der Waals surface area contributed by atoms with Gasteiger partial charge in [-0.05, 0) is 54.4 Å². The Kier molecular flexibility index (Phi) is 6.65. The highest BCUT2D eigenvalue weighted by atomic mass is 35.5. The van der Waals surface area contributed by atoms with E-state index in [-0.39, 0.29) is 18.5 Å². The number of H-pyrrole nitrogens is 1. The van der Waals surface area contributed by atoms with Gasteiger partial charge in [0.25, 0.3) is 0 Å². The van der Waals surface area contributed by atoms with Crippen molar-refractivity contribution >= 4 is 29.7 Å². The van der Waals surface area contributed by atoms with Crippen molar-refractivity contribution in [1.82, 2.24) is 20.1 Å². The Hall–Kier alpha value is -2.44. The maximum Gasteiger partial charge on any atom is 0.240 e. The van der Waals surface area contributed by atoms with Gasteiger partial charge in [0.05, 0.1) is 6.04 Å². The van der Waals surface area contributed by atoms with E-state index in [1.54, 1.807) is 16.7 Å². The number of carbonyl (C=O) groups is 1. The predicted octanol–water partition coefficient (Wildman–Crippen LogP) is 5.16. The van der Waals surface area contributed by atoms with Crippen LogP contribution in [-0.2, 0) is 11.3 Å². The van der Waals surface area contributed by atoms with Gasteiger partial charge >= 0.3 is 0 Å². The Labute approximate surface area is 174 Å². The van der Waals surface area contributed by atoms with E-state index in [9.17, 15) is 4.79 Å². The van der Waals surface area contributed by atoms with Crippen LogP contribution >= 0.6 is 23.8 Å². The van der Waals surface area contributed by atoms with E-state index in [0.29, 0.717) is 21.5 Å². The largest absolute Gasteiger partial charge is 0.348 e. The molecule has 2 N–H and O–H groups in total. The molecule has 0 aliphatic rings. The molecule has 0 saturated carbocycles. The Bertz CT molecular complexity index is 980. The van der Waals surface area contributed by atoms with Gasteiger partial charge in [-0.2, -0.15) is 5.10 Å². The number of benzene rings is 2. The number of carbonyl (C=O) groups excluding carboxylic acids is 1. The van der Waals surface area contributed by atoms with Crippen molar-refractivity contribution in [1.29, 1.82) is 0 Å². The zero-order chi connectivity index (χ0) is 20.1. The Morgan fingerprint density at radius 3 is 2.50 bits per heavy atom. The van der Waals surface area contributed by atoms with Crippen LogP contribution in [0.25, 0.3) is 11.4 Å². The summed E-state index contributed by atoms with van der Waals surface area (Å²) in [4.78, 5) is 12.8. The SMILES string of the molecule is CC(C)CC(NC(=O)Cn1c(-c2ccc(Cl)cc2)n[nH]c1=S)c1ccccc1. The van der Waals surface area contributed by atoms with Crippen molar-refractivity contribution in [3.8, 4) is 11.4 Å². The molecule has 3 rings (SSSR count). The lowest BCUT2D eigenvalue weighted by Gasteiger charge is -2.21. The van der Waals surface area contributed by atoms with Crippen molar-refractivity contribution < 1.29 is 4.79 Å². The summed E-state index contributed by atoms with van der Waals surface area (Å²) in [6.07, 6.45) is 0.858. The summed E-state index contributed by atoms with van der Waals surface area (Å²) in [7, 11) is 0. The number of nitrogens with zero attached hydrogens (tertiary/aromatic N) is 2. The fourth-order valence-corrected chi connectivity index (χ4v) is 3.43. The lowest BCUT2D eigenvalue weighted by molar-refractivity contribution is -0.122. The Balaban J connectivity index is 1.80. The molecule has 5 nitrogen and oxygen atoms in total. The molecule has 1 amide bonds. The second kappa shape index (κ2) is 9.17. The first-order valence-electron chi connectivity index (χ1n) is 9.19. The minimum absolute atomic E-state index is 0.0474. The molecule has 0 spiro atoms. The van der Waals surface area contributed by atoms with Crippen molar-refractivity contribution in [3.63, 3.8) is 0 Å². The minimum atomic E-state index is -0.109. The van der Waals surface area contributed by atoms with Gasteiger partial charge in [-0.3, -0.25) is 14.5 Å². The molecule has 3 aromatic rings. The number of aromatic amines is 1. The van der Waals surface area contributed by atoms with Gasteiger partial charge in [-0.1, -0.05) is 55.8 Å². The van der Waals surface area contributed by atoms with E-state index < -0.39 is 0 Å². The Morgan fingerprint density at radius 1 is 1.18 bits per heavy atom. The molecule has 0 bridgehead atoms. The molecule has 0 aliphatic carbocycles. The van der Waals surface area contributed by atoms with Crippen LogP contribution in [0, 0.1) is 10.7 Å². The zero-order valence-corrected chi connectivity index (χ0v) is 17.4. The highest BCUT2D eigenvalue weighted by molar-refractivity contribution is 7.71. The van der Waals surface area contributed by atoms with Crippen molar-refractivity contribution in [3.05, 3.63) is 70.0 Å². The quantitative estimate of drug-likeness (QED) is 0.524. The summed E-state index contributed by atoms with van der Waals surface area (Å²) in [6, 6.07) is 17.3. The molecule has 28 heavy (non-hydrogen) atoms. The lowest BCUT2D eigenvalue weighted by atomic mass is 9.97. The average molecular weight is 415 g/mol. The molecule has 146 valence electrons. The lowest BCUT2D eigenvalue weighted by Crippen LogP contribution is -2.32. The van der Waals surface area contributed by atoms with Crippen LogP contribution in [0.5, 0.6) is 0 Å². The predicted molar refractivity (Wildman–Crippen MR) is 115 cm³/mol. The van der Waals surface area contributed by atoms with E-state index >= 15 is 0 Å². The summed E-state index contributed by atoms with van der Waals surface area (Å²) in [5, 5.41) is 10.8. The van der Waals surface area contributed by atoms with Crippen LogP contribution in [0.2, 0.25) is 5.02 Å². The first kappa shape index (κ1) is 20.3. The fourth-order valence-electron chi connectivity index (χ4n) is 3.10. The maximum absolute atomic E-state index is 12.8. The summed E-state index contributed by atoms with van der Waals surface area (Å²) in [6.45, 7) is 4.38. The number of amides is 1. The Morgan fingerprint density at radius 2 is 1.86 bits per heavy atom. The number of nitrogens with one attached hydrogen (secondary N) is 2. The van der Waals surface area contributed by atoms with Gasteiger partial charge in [0.2, 0.25) is 5.91 Å². The molecule has 2 aromatic carbocycles. The maximum atomic E-state index is 12.8.